The van der Waals surface area contributed by atoms with E-state index in [1.54, 1.807) is 22.3 Å². The van der Waals surface area contributed by atoms with Crippen molar-refractivity contribution in [3.63, 3.8) is 0 Å². The summed E-state index contributed by atoms with van der Waals surface area (Å²) in [4.78, 5) is 0. The number of methoxy groups -OCH3 is 2. The van der Waals surface area contributed by atoms with Crippen molar-refractivity contribution >= 4 is 17.1 Å². The van der Waals surface area contributed by atoms with Crippen molar-refractivity contribution in [1.82, 2.24) is 0 Å². The van der Waals surface area contributed by atoms with Crippen LogP contribution in [0.5, 0.6) is 0 Å². The summed E-state index contributed by atoms with van der Waals surface area (Å²) in [6.45, 7) is 9.77. The van der Waals surface area contributed by atoms with E-state index in [0.29, 0.717) is 66.1 Å². The number of hydrogen-bond donors (Lipinski definition) is 2. The second kappa shape index (κ2) is 33.5. The van der Waals surface area contributed by atoms with Gasteiger partial charge >= 0.3 is 0 Å². The van der Waals surface area contributed by atoms with E-state index < -0.39 is 9.04 Å². The van der Waals surface area contributed by atoms with Crippen LogP contribution in [0.25, 0.3) is 0 Å². The highest BCUT2D eigenvalue weighted by molar-refractivity contribution is 6.52. The minimum Gasteiger partial charge on any atom is -0.485 e. The van der Waals surface area contributed by atoms with Crippen molar-refractivity contribution in [2.75, 3.05) is 93.5 Å². The van der Waals surface area contributed by atoms with Crippen LogP contribution in [0.4, 0.5) is 0 Å². The highest BCUT2D eigenvalue weighted by Crippen LogP contribution is 1.79. The predicted molar refractivity (Wildman–Crippen MR) is 110 cm³/mol. The van der Waals surface area contributed by atoms with Gasteiger partial charge in [0.2, 0.25) is 8.05 Å². The second-order valence-electron chi connectivity index (χ2n) is 5.17. The molecule has 0 rings (SSSR count). The van der Waals surface area contributed by atoms with Gasteiger partial charge in [0.25, 0.3) is 0 Å². The molecule has 0 atom stereocenters. The van der Waals surface area contributed by atoms with Crippen molar-refractivity contribution in [1.29, 1.82) is 0 Å². The quantitative estimate of drug-likeness (QED) is 0.225. The predicted octanol–water partition coefficient (Wildman–Crippen LogP) is -1.15. The third-order valence-corrected chi connectivity index (χ3v) is 3.49. The summed E-state index contributed by atoms with van der Waals surface area (Å²) in [6, 6.07) is 0. The van der Waals surface area contributed by atoms with Gasteiger partial charge < -0.3 is 43.0 Å². The van der Waals surface area contributed by atoms with Crippen LogP contribution in [0.2, 0.25) is 13.1 Å². The monoisotopic (exact) mass is 416 g/mol. The molecule has 0 saturated carbocycles. The molecule has 0 aliphatic rings. The van der Waals surface area contributed by atoms with Crippen LogP contribution < -0.4 is 0 Å². The Balaban J connectivity index is -0.000000344. The summed E-state index contributed by atoms with van der Waals surface area (Å²) in [6.07, 6.45) is 0. The zero-order valence-electron chi connectivity index (χ0n) is 17.8. The SMILES string of the molecule is BO[SiH](C)C.COCCOCCOCCO.COCCOCCOCCO. The van der Waals surface area contributed by atoms with Crippen molar-refractivity contribution in [2.45, 2.75) is 13.1 Å². The molecule has 0 bridgehead atoms. The fraction of sp³-hybridized carbons (Fsp3) is 1.00. The van der Waals surface area contributed by atoms with Crippen LogP contribution in [0.1, 0.15) is 0 Å². The highest BCUT2D eigenvalue weighted by Gasteiger charge is 1.88. The lowest BCUT2D eigenvalue weighted by atomic mass is 10.6. The van der Waals surface area contributed by atoms with Crippen molar-refractivity contribution < 1.29 is 43.0 Å². The van der Waals surface area contributed by atoms with Gasteiger partial charge in [-0.1, -0.05) is 0 Å². The van der Waals surface area contributed by atoms with Gasteiger partial charge in [0.05, 0.1) is 79.3 Å². The number of hydrogen-bond acceptors (Lipinski definition) is 9. The first-order valence-electron chi connectivity index (χ1n) is 9.13. The molecule has 0 spiro atoms. The molecule has 0 aromatic heterocycles. The minimum atomic E-state index is -0.650. The zero-order valence-corrected chi connectivity index (χ0v) is 19.0. The largest absolute Gasteiger partial charge is 0.485 e. The van der Waals surface area contributed by atoms with E-state index in [2.05, 4.69) is 13.1 Å². The molecular weight excluding hydrogens is 375 g/mol. The summed E-state index contributed by atoms with van der Waals surface area (Å²) in [5, 5.41) is 16.6. The van der Waals surface area contributed by atoms with E-state index in [1.165, 1.54) is 0 Å². The van der Waals surface area contributed by atoms with Crippen LogP contribution >= 0.6 is 0 Å². The Morgan fingerprint density at radius 1 is 0.593 bits per heavy atom. The van der Waals surface area contributed by atoms with Gasteiger partial charge in [-0.3, -0.25) is 0 Å². The highest BCUT2D eigenvalue weighted by atomic mass is 28.3. The maximum absolute atomic E-state index is 8.32. The molecule has 0 unspecified atom stereocenters. The lowest BCUT2D eigenvalue weighted by Gasteiger charge is -2.03. The standard InChI is InChI=1S/2C7H16O4.C2H9BOSi/c2*1-9-4-5-11-7-6-10-3-2-8;1-5(2)4-3/h2*8H,2-7H2,1H3;5H,3H2,1-2H3. The Hall–Kier alpha value is -0.0782. The smallest absolute Gasteiger partial charge is 0.242 e. The fourth-order valence-electron chi connectivity index (χ4n) is 1.06. The van der Waals surface area contributed by atoms with Crippen molar-refractivity contribution in [3.8, 4) is 0 Å². The Labute approximate surface area is 167 Å². The van der Waals surface area contributed by atoms with Crippen LogP contribution in [-0.4, -0.2) is 121 Å². The Bertz CT molecular complexity index is 196. The van der Waals surface area contributed by atoms with Gasteiger partial charge in [0.15, 0.2) is 9.04 Å². The molecule has 0 amide bonds. The third-order valence-electron chi connectivity index (χ3n) is 2.55. The number of aliphatic hydroxyl groups is 2. The molecule has 11 heteroatoms. The summed E-state index contributed by atoms with van der Waals surface area (Å²) in [7, 11) is 4.37. The molecule has 9 nitrogen and oxygen atoms in total. The van der Waals surface area contributed by atoms with E-state index in [9.17, 15) is 0 Å². The van der Waals surface area contributed by atoms with Crippen LogP contribution in [0.3, 0.4) is 0 Å². The number of aliphatic hydroxyl groups excluding tert-OH is 2. The summed E-state index contributed by atoms with van der Waals surface area (Å²) in [5.74, 6) is 0. The average Bonchev–Trinajstić information content (AvgIpc) is 2.68. The Morgan fingerprint density at radius 2 is 0.852 bits per heavy atom. The molecule has 0 radical (unpaired) electrons. The van der Waals surface area contributed by atoms with Gasteiger partial charge in [-0.15, -0.1) is 0 Å². The van der Waals surface area contributed by atoms with Crippen LogP contribution in [0, 0.1) is 0 Å². The first kappa shape index (κ1) is 31.6. The molecule has 0 saturated heterocycles. The molecule has 166 valence electrons. The van der Waals surface area contributed by atoms with E-state index in [-0.39, 0.29) is 13.2 Å². The molecule has 0 aliphatic carbocycles. The molecule has 0 heterocycles. The molecule has 0 aromatic rings. The van der Waals surface area contributed by atoms with E-state index in [0.717, 1.165) is 0 Å². The number of rotatable bonds is 17. The van der Waals surface area contributed by atoms with E-state index >= 15 is 0 Å². The van der Waals surface area contributed by atoms with Gasteiger partial charge in [-0.25, -0.2) is 0 Å². The van der Waals surface area contributed by atoms with Crippen LogP contribution in [0.15, 0.2) is 0 Å². The summed E-state index contributed by atoms with van der Waals surface area (Å²) in [5.41, 5.74) is 0. The fourth-order valence-corrected chi connectivity index (χ4v) is 1.06. The Morgan fingerprint density at radius 3 is 1.07 bits per heavy atom. The normalized spacial score (nSPS) is 10.2. The van der Waals surface area contributed by atoms with Gasteiger partial charge in [-0.05, 0) is 13.1 Å². The van der Waals surface area contributed by atoms with Crippen molar-refractivity contribution in [3.05, 3.63) is 0 Å². The van der Waals surface area contributed by atoms with Gasteiger partial charge in [0, 0.05) is 14.2 Å². The zero-order chi connectivity index (χ0) is 21.0. The maximum Gasteiger partial charge on any atom is 0.242 e. The first-order chi connectivity index (χ1) is 13.1. The topological polar surface area (TPSA) is 105 Å². The molecule has 0 aliphatic heterocycles. The molecular formula is C16H41BO9Si. The van der Waals surface area contributed by atoms with Gasteiger partial charge in [0.1, 0.15) is 0 Å². The molecule has 2 N–H and O–H groups in total. The lowest BCUT2D eigenvalue weighted by Crippen LogP contribution is -2.09. The maximum atomic E-state index is 8.32. The third kappa shape index (κ3) is 46.2. The summed E-state index contributed by atoms with van der Waals surface area (Å²) >= 11 is 0. The molecule has 0 aromatic carbocycles. The Kier molecular flexibility index (Phi) is 39.2. The van der Waals surface area contributed by atoms with Gasteiger partial charge in [-0.2, -0.15) is 0 Å². The number of ether oxygens (including phenoxy) is 6. The minimum absolute atomic E-state index is 0.0675. The second-order valence-corrected chi connectivity index (χ2v) is 7.74. The first-order valence-corrected chi connectivity index (χ1v) is 11.9. The average molecular weight is 416 g/mol. The van der Waals surface area contributed by atoms with Crippen molar-refractivity contribution in [2.24, 2.45) is 0 Å². The van der Waals surface area contributed by atoms with Crippen LogP contribution in [-0.2, 0) is 32.8 Å². The van der Waals surface area contributed by atoms with E-state index in [1.807, 2.05) is 0 Å². The molecule has 27 heavy (non-hydrogen) atoms. The molecule has 0 fully saturated rings. The summed E-state index contributed by atoms with van der Waals surface area (Å²) < 4.78 is 34.5. The van der Waals surface area contributed by atoms with E-state index in [4.69, 9.17) is 43.0 Å². The lowest BCUT2D eigenvalue weighted by molar-refractivity contribution is 0.0159.